The third-order valence-corrected chi connectivity index (χ3v) is 3.93. The first-order valence-electron chi connectivity index (χ1n) is 7.67. The number of tetrazole rings is 1. The number of aryl methyl sites for hydroxylation is 1. The Kier molecular flexibility index (Phi) is 4.37. The number of carbonyl (C=O) groups is 1. The summed E-state index contributed by atoms with van der Waals surface area (Å²) in [7, 11) is 0. The van der Waals surface area contributed by atoms with Crippen LogP contribution in [0.1, 0.15) is 29.8 Å². The zero-order valence-corrected chi connectivity index (χ0v) is 13.8. The molecule has 1 aromatic carbocycles. The molecule has 0 aliphatic rings. The normalized spacial score (nSPS) is 12.1. The number of rotatable bonds is 5. The first-order chi connectivity index (χ1) is 11.6. The van der Waals surface area contributed by atoms with Crippen molar-refractivity contribution in [1.29, 1.82) is 0 Å². The van der Waals surface area contributed by atoms with E-state index in [1.165, 1.54) is 11.0 Å². The Morgan fingerprint density at radius 2 is 2.08 bits per heavy atom. The second kappa shape index (κ2) is 6.61. The van der Waals surface area contributed by atoms with E-state index in [4.69, 9.17) is 0 Å². The number of nitrogens with one attached hydrogen (secondary N) is 1. The van der Waals surface area contributed by atoms with Crippen LogP contribution in [-0.4, -0.2) is 35.9 Å². The van der Waals surface area contributed by atoms with Gasteiger partial charge in [-0.3, -0.25) is 4.79 Å². The Morgan fingerprint density at radius 3 is 2.79 bits per heavy atom. The topological polar surface area (TPSA) is 90.5 Å². The summed E-state index contributed by atoms with van der Waals surface area (Å²) in [5.41, 5.74) is 4.15. The maximum Gasteiger partial charge on any atom is 0.242 e. The van der Waals surface area contributed by atoms with Crippen LogP contribution in [-0.2, 0) is 11.3 Å². The van der Waals surface area contributed by atoms with Crippen molar-refractivity contribution in [2.75, 3.05) is 0 Å². The minimum absolute atomic E-state index is 0.0856. The van der Waals surface area contributed by atoms with E-state index in [1.54, 1.807) is 6.20 Å². The molecule has 0 bridgehead atoms. The Bertz CT molecular complexity index is 838. The monoisotopic (exact) mass is 325 g/mol. The summed E-state index contributed by atoms with van der Waals surface area (Å²) in [5, 5.41) is 18.1. The SMILES string of the molecule is Cc1ccccc1-n1ncc(C(C)NC(=O)Cn2cnnn2)c1C. The summed E-state index contributed by atoms with van der Waals surface area (Å²) in [6.45, 7) is 6.07. The molecule has 0 radical (unpaired) electrons. The quantitative estimate of drug-likeness (QED) is 0.765. The summed E-state index contributed by atoms with van der Waals surface area (Å²) in [5.74, 6) is -0.155. The standard InChI is InChI=1S/C16H19N7O/c1-11-6-4-5-7-15(11)23-13(3)14(8-18-23)12(2)19-16(24)9-22-10-17-20-21-22/h4-8,10,12H,9H2,1-3H3,(H,19,24). The van der Waals surface area contributed by atoms with Gasteiger partial charge in [-0.25, -0.2) is 9.36 Å². The number of carbonyl (C=O) groups excluding carboxylic acids is 1. The van der Waals surface area contributed by atoms with Crippen LogP contribution in [0.2, 0.25) is 0 Å². The van der Waals surface area contributed by atoms with Crippen LogP contribution < -0.4 is 5.32 Å². The predicted octanol–water partition coefficient (Wildman–Crippen LogP) is 1.35. The maximum absolute atomic E-state index is 12.1. The predicted molar refractivity (Wildman–Crippen MR) is 87.4 cm³/mol. The zero-order chi connectivity index (χ0) is 17.1. The lowest BCUT2D eigenvalue weighted by atomic mass is 10.1. The van der Waals surface area contributed by atoms with Gasteiger partial charge in [-0.2, -0.15) is 5.10 Å². The molecule has 1 N–H and O–H groups in total. The largest absolute Gasteiger partial charge is 0.348 e. The van der Waals surface area contributed by atoms with Gasteiger partial charge in [0.1, 0.15) is 12.9 Å². The van der Waals surface area contributed by atoms with Gasteiger partial charge in [-0.05, 0) is 42.8 Å². The number of para-hydroxylation sites is 1. The number of benzene rings is 1. The molecule has 1 atom stereocenters. The van der Waals surface area contributed by atoms with Crippen LogP contribution in [0.5, 0.6) is 0 Å². The van der Waals surface area contributed by atoms with Crippen LogP contribution in [0.3, 0.4) is 0 Å². The highest BCUT2D eigenvalue weighted by Gasteiger charge is 2.17. The van der Waals surface area contributed by atoms with Crippen molar-refractivity contribution in [2.24, 2.45) is 0 Å². The Hall–Kier alpha value is -3.03. The van der Waals surface area contributed by atoms with Crippen LogP contribution in [0.15, 0.2) is 36.8 Å². The molecular formula is C16H19N7O. The number of aromatic nitrogens is 6. The van der Waals surface area contributed by atoms with Gasteiger partial charge >= 0.3 is 0 Å². The average Bonchev–Trinajstić information content (AvgIpc) is 3.17. The van der Waals surface area contributed by atoms with E-state index in [9.17, 15) is 4.79 Å². The van der Waals surface area contributed by atoms with Gasteiger partial charge in [-0.15, -0.1) is 5.10 Å². The van der Waals surface area contributed by atoms with Crippen molar-refractivity contribution in [3.63, 3.8) is 0 Å². The zero-order valence-electron chi connectivity index (χ0n) is 13.8. The summed E-state index contributed by atoms with van der Waals surface area (Å²) in [4.78, 5) is 12.1. The molecule has 2 aromatic heterocycles. The minimum Gasteiger partial charge on any atom is -0.348 e. The van der Waals surface area contributed by atoms with Crippen LogP contribution in [0.25, 0.3) is 5.69 Å². The average molecular weight is 325 g/mol. The summed E-state index contributed by atoms with van der Waals surface area (Å²) >= 11 is 0. The second-order valence-corrected chi connectivity index (χ2v) is 5.68. The molecule has 1 unspecified atom stereocenters. The first kappa shape index (κ1) is 15.9. The van der Waals surface area contributed by atoms with E-state index in [1.807, 2.05) is 49.7 Å². The summed E-state index contributed by atoms with van der Waals surface area (Å²) in [6, 6.07) is 7.90. The number of amides is 1. The van der Waals surface area contributed by atoms with Crippen molar-refractivity contribution in [2.45, 2.75) is 33.4 Å². The van der Waals surface area contributed by atoms with Crippen LogP contribution in [0.4, 0.5) is 0 Å². The molecule has 8 nitrogen and oxygen atoms in total. The Labute approximate surface area is 139 Å². The first-order valence-corrected chi connectivity index (χ1v) is 7.67. The highest BCUT2D eigenvalue weighted by molar-refractivity contribution is 5.76. The molecule has 3 rings (SSSR count). The van der Waals surface area contributed by atoms with Gasteiger partial charge in [0, 0.05) is 11.3 Å². The van der Waals surface area contributed by atoms with Gasteiger partial charge in [0.25, 0.3) is 0 Å². The van der Waals surface area contributed by atoms with Crippen LogP contribution in [0, 0.1) is 13.8 Å². The van der Waals surface area contributed by atoms with E-state index >= 15 is 0 Å². The van der Waals surface area contributed by atoms with Crippen molar-refractivity contribution in [3.8, 4) is 5.69 Å². The molecule has 8 heteroatoms. The lowest BCUT2D eigenvalue weighted by molar-refractivity contribution is -0.122. The van der Waals surface area contributed by atoms with E-state index in [0.29, 0.717) is 0 Å². The van der Waals surface area contributed by atoms with Crippen molar-refractivity contribution >= 4 is 5.91 Å². The fourth-order valence-electron chi connectivity index (χ4n) is 2.66. The van der Waals surface area contributed by atoms with E-state index in [0.717, 1.165) is 22.5 Å². The molecule has 3 aromatic rings. The second-order valence-electron chi connectivity index (χ2n) is 5.68. The molecule has 0 fully saturated rings. The molecule has 124 valence electrons. The Balaban J connectivity index is 1.75. The smallest absolute Gasteiger partial charge is 0.242 e. The molecule has 0 aliphatic heterocycles. The molecule has 1 amide bonds. The van der Waals surface area contributed by atoms with Gasteiger partial charge in [0.05, 0.1) is 17.9 Å². The molecule has 0 aliphatic carbocycles. The highest BCUT2D eigenvalue weighted by Crippen LogP contribution is 2.21. The van der Waals surface area contributed by atoms with Gasteiger partial charge in [0.15, 0.2) is 0 Å². The lowest BCUT2D eigenvalue weighted by Crippen LogP contribution is -2.30. The minimum atomic E-state index is -0.160. The summed E-state index contributed by atoms with van der Waals surface area (Å²) < 4.78 is 3.28. The third-order valence-electron chi connectivity index (χ3n) is 3.93. The number of hydrogen-bond donors (Lipinski definition) is 1. The van der Waals surface area contributed by atoms with E-state index in [2.05, 4.69) is 25.9 Å². The van der Waals surface area contributed by atoms with Crippen molar-refractivity contribution in [3.05, 3.63) is 53.6 Å². The Morgan fingerprint density at radius 1 is 1.29 bits per heavy atom. The number of nitrogens with zero attached hydrogens (tertiary/aromatic N) is 6. The van der Waals surface area contributed by atoms with E-state index < -0.39 is 0 Å². The van der Waals surface area contributed by atoms with Gasteiger partial charge in [-0.1, -0.05) is 18.2 Å². The molecule has 0 saturated carbocycles. The van der Waals surface area contributed by atoms with E-state index in [-0.39, 0.29) is 18.5 Å². The summed E-state index contributed by atoms with van der Waals surface area (Å²) in [6.07, 6.45) is 3.20. The molecule has 0 saturated heterocycles. The number of hydrogen-bond acceptors (Lipinski definition) is 5. The fraction of sp³-hybridized carbons (Fsp3) is 0.312. The molecule has 24 heavy (non-hydrogen) atoms. The molecule has 2 heterocycles. The fourth-order valence-corrected chi connectivity index (χ4v) is 2.66. The molecular weight excluding hydrogens is 306 g/mol. The molecule has 0 spiro atoms. The maximum atomic E-state index is 12.1. The van der Waals surface area contributed by atoms with Crippen LogP contribution >= 0.6 is 0 Å². The van der Waals surface area contributed by atoms with Crippen molar-refractivity contribution in [1.82, 2.24) is 35.3 Å². The highest BCUT2D eigenvalue weighted by atomic mass is 16.2. The lowest BCUT2D eigenvalue weighted by Gasteiger charge is -2.14. The van der Waals surface area contributed by atoms with Gasteiger partial charge < -0.3 is 5.32 Å². The third kappa shape index (κ3) is 3.17. The van der Waals surface area contributed by atoms with Crippen molar-refractivity contribution < 1.29 is 4.79 Å². The van der Waals surface area contributed by atoms with Gasteiger partial charge in [0.2, 0.25) is 5.91 Å².